The van der Waals surface area contributed by atoms with Crippen LogP contribution in [0.1, 0.15) is 38.7 Å². The van der Waals surface area contributed by atoms with Crippen LogP contribution in [-0.2, 0) is 10.3 Å². The number of anilines is 1. The van der Waals surface area contributed by atoms with Crippen LogP contribution < -0.4 is 5.32 Å². The smallest absolute Gasteiger partial charge is 0.434 e. The van der Waals surface area contributed by atoms with Crippen LogP contribution in [0, 0.1) is 0 Å². The topological polar surface area (TPSA) is 41.6 Å². The summed E-state index contributed by atoms with van der Waals surface area (Å²) in [6, 6.07) is 3.30. The number of allylic oxidation sites excluding steroid dienone is 2. The van der Waals surface area contributed by atoms with Crippen molar-refractivity contribution in [2.75, 3.05) is 11.9 Å². The summed E-state index contributed by atoms with van der Waals surface area (Å²) in [5.74, 6) is 0.207. The van der Waals surface area contributed by atoms with Crippen molar-refractivity contribution in [2.24, 2.45) is 0 Å². The van der Waals surface area contributed by atoms with Crippen LogP contribution in [0.4, 0.5) is 23.7 Å². The van der Waals surface area contributed by atoms with E-state index in [1.54, 1.807) is 13.8 Å². The first-order valence-corrected chi connectivity index (χ1v) is 8.88. The highest BCUT2D eigenvalue weighted by Crippen LogP contribution is 2.50. The van der Waals surface area contributed by atoms with E-state index in [0.717, 1.165) is 0 Å². The van der Waals surface area contributed by atoms with E-state index in [0.29, 0.717) is 19.3 Å². The van der Waals surface area contributed by atoms with Gasteiger partial charge in [-0.1, -0.05) is 18.5 Å². The molecule has 0 bridgehead atoms. The number of ether oxygens (including phenoxy) is 1. The lowest BCUT2D eigenvalue weighted by Gasteiger charge is -2.39. The molecule has 1 aromatic rings. The maximum absolute atomic E-state index is 14.4. The lowest BCUT2D eigenvalue weighted by atomic mass is 9.90. The molecule has 0 aromatic heterocycles. The summed E-state index contributed by atoms with van der Waals surface area (Å²) in [5, 5.41) is 2.73. The molecular formula is C18H20ClF3N2O2. The predicted octanol–water partition coefficient (Wildman–Crippen LogP) is 5.44. The SMILES string of the molecule is CC=C(CC)O[C@@]1(C(F)(F)F)CN(C2CC2)C(=O)Nc2ccc(Cl)cc21. The standard InChI is InChI=1S/C18H20ClF3N2O2/c1-3-13(4-2)26-17(18(20,21)22)10-24(12-6-7-12)16(25)23-15-8-5-11(19)9-14(15)17/h3,5,8-9,12H,4,6-7,10H2,1-2H3,(H,23,25)/t17-/m0/s1. The number of nitrogens with one attached hydrogen (secondary N) is 1. The van der Waals surface area contributed by atoms with Gasteiger partial charge in [-0.25, -0.2) is 4.79 Å². The highest BCUT2D eigenvalue weighted by molar-refractivity contribution is 6.30. The third-order valence-electron chi connectivity index (χ3n) is 4.73. The zero-order chi connectivity index (χ0) is 19.1. The molecule has 1 heterocycles. The first-order valence-electron chi connectivity index (χ1n) is 8.50. The van der Waals surface area contributed by atoms with Crippen LogP contribution in [0.2, 0.25) is 5.02 Å². The maximum atomic E-state index is 14.4. The average molecular weight is 389 g/mol. The summed E-state index contributed by atoms with van der Waals surface area (Å²) in [5.41, 5.74) is -2.81. The Kier molecular flexibility index (Phi) is 4.86. The Hall–Kier alpha value is -1.89. The normalized spacial score (nSPS) is 24.0. The van der Waals surface area contributed by atoms with Gasteiger partial charge < -0.3 is 15.0 Å². The molecule has 142 valence electrons. The average Bonchev–Trinajstić information content (AvgIpc) is 3.40. The number of rotatable bonds is 4. The van der Waals surface area contributed by atoms with E-state index in [1.807, 2.05) is 0 Å². The van der Waals surface area contributed by atoms with Crippen LogP contribution in [0.5, 0.6) is 0 Å². The molecule has 1 N–H and O–H groups in total. The zero-order valence-electron chi connectivity index (χ0n) is 14.5. The van der Waals surface area contributed by atoms with Gasteiger partial charge in [-0.3, -0.25) is 0 Å². The van der Waals surface area contributed by atoms with Crippen molar-refractivity contribution in [3.05, 3.63) is 40.6 Å². The fraction of sp³-hybridized carbons (Fsp3) is 0.500. The maximum Gasteiger partial charge on any atom is 0.434 e. The van der Waals surface area contributed by atoms with Crippen LogP contribution in [0.3, 0.4) is 0 Å². The molecule has 1 atom stereocenters. The van der Waals surface area contributed by atoms with Gasteiger partial charge >= 0.3 is 12.2 Å². The molecule has 4 nitrogen and oxygen atoms in total. The summed E-state index contributed by atoms with van der Waals surface area (Å²) in [6.07, 6.45) is -1.57. The minimum absolute atomic E-state index is 0.0615. The van der Waals surface area contributed by atoms with Gasteiger partial charge in [-0.15, -0.1) is 0 Å². The predicted molar refractivity (Wildman–Crippen MR) is 93.1 cm³/mol. The number of benzene rings is 1. The van der Waals surface area contributed by atoms with Crippen molar-refractivity contribution < 1.29 is 22.7 Å². The van der Waals surface area contributed by atoms with Crippen molar-refractivity contribution in [3.8, 4) is 0 Å². The van der Waals surface area contributed by atoms with Crippen LogP contribution in [0.25, 0.3) is 0 Å². The van der Waals surface area contributed by atoms with Crippen molar-refractivity contribution in [3.63, 3.8) is 0 Å². The molecule has 8 heteroatoms. The van der Waals surface area contributed by atoms with Crippen LogP contribution in [0.15, 0.2) is 30.0 Å². The van der Waals surface area contributed by atoms with Gasteiger partial charge in [-0.2, -0.15) is 13.2 Å². The lowest BCUT2D eigenvalue weighted by molar-refractivity contribution is -0.276. The van der Waals surface area contributed by atoms with E-state index in [9.17, 15) is 18.0 Å². The summed E-state index contributed by atoms with van der Waals surface area (Å²) in [7, 11) is 0. The van der Waals surface area contributed by atoms with Gasteiger partial charge in [-0.05, 0) is 44.0 Å². The van der Waals surface area contributed by atoms with E-state index in [4.69, 9.17) is 16.3 Å². The summed E-state index contributed by atoms with van der Waals surface area (Å²) in [4.78, 5) is 13.8. The molecule has 0 saturated heterocycles. The number of amides is 2. The first-order chi connectivity index (χ1) is 12.2. The Morgan fingerprint density at radius 1 is 1.46 bits per heavy atom. The van der Waals surface area contributed by atoms with Crippen LogP contribution >= 0.6 is 11.6 Å². The Morgan fingerprint density at radius 3 is 2.69 bits per heavy atom. The molecule has 2 amide bonds. The zero-order valence-corrected chi connectivity index (χ0v) is 15.2. The minimum atomic E-state index is -4.75. The fourth-order valence-corrected chi connectivity index (χ4v) is 3.34. The Morgan fingerprint density at radius 2 is 2.15 bits per heavy atom. The Labute approximate surface area is 154 Å². The Bertz CT molecular complexity index is 746. The molecule has 0 unspecified atom stereocenters. The summed E-state index contributed by atoms with van der Waals surface area (Å²) in [6.45, 7) is 2.73. The molecule has 1 aromatic carbocycles. The molecule has 1 aliphatic heterocycles. The third-order valence-corrected chi connectivity index (χ3v) is 4.97. The van der Waals surface area contributed by atoms with Gasteiger partial charge in [0.1, 0.15) is 0 Å². The first kappa shape index (κ1) is 18.9. The van der Waals surface area contributed by atoms with Crippen molar-refractivity contribution in [1.82, 2.24) is 4.90 Å². The second-order valence-corrected chi connectivity index (χ2v) is 6.95. The number of alkyl halides is 3. The minimum Gasteiger partial charge on any atom is -0.476 e. The highest BCUT2D eigenvalue weighted by atomic mass is 35.5. The molecule has 0 radical (unpaired) electrons. The van der Waals surface area contributed by atoms with Crippen LogP contribution in [-0.4, -0.2) is 29.7 Å². The fourth-order valence-electron chi connectivity index (χ4n) is 3.17. The third kappa shape index (κ3) is 3.24. The van der Waals surface area contributed by atoms with Gasteiger partial charge in [0.05, 0.1) is 18.0 Å². The van der Waals surface area contributed by atoms with E-state index in [-0.39, 0.29) is 28.1 Å². The summed E-state index contributed by atoms with van der Waals surface area (Å²) >= 11 is 6.00. The summed E-state index contributed by atoms with van der Waals surface area (Å²) < 4.78 is 48.9. The van der Waals surface area contributed by atoms with E-state index in [1.165, 1.54) is 29.2 Å². The quantitative estimate of drug-likeness (QED) is 0.698. The van der Waals surface area contributed by atoms with Gasteiger partial charge in [0.15, 0.2) is 0 Å². The number of carbonyl (C=O) groups excluding carboxylic acids is 1. The highest BCUT2D eigenvalue weighted by Gasteiger charge is 2.63. The number of fused-ring (bicyclic) bond motifs is 1. The van der Waals surface area contributed by atoms with E-state index in [2.05, 4.69) is 5.32 Å². The molecule has 26 heavy (non-hydrogen) atoms. The lowest BCUT2D eigenvalue weighted by Crippen LogP contribution is -2.53. The van der Waals surface area contributed by atoms with Gasteiger partial charge in [0.25, 0.3) is 0 Å². The Balaban J connectivity index is 2.22. The second-order valence-electron chi connectivity index (χ2n) is 6.51. The molecule has 2 aliphatic rings. The van der Waals surface area contributed by atoms with Gasteiger partial charge in [0.2, 0.25) is 5.60 Å². The van der Waals surface area contributed by atoms with E-state index < -0.39 is 24.4 Å². The number of urea groups is 1. The molecular weight excluding hydrogens is 369 g/mol. The molecule has 3 rings (SSSR count). The monoisotopic (exact) mass is 388 g/mol. The number of halogens is 4. The molecule has 1 saturated carbocycles. The van der Waals surface area contributed by atoms with Crippen molar-refractivity contribution >= 4 is 23.3 Å². The second kappa shape index (κ2) is 6.68. The van der Waals surface area contributed by atoms with E-state index >= 15 is 0 Å². The molecule has 1 aliphatic carbocycles. The molecule has 1 fully saturated rings. The van der Waals surface area contributed by atoms with Crippen molar-refractivity contribution in [1.29, 1.82) is 0 Å². The van der Waals surface area contributed by atoms with Crippen molar-refractivity contribution in [2.45, 2.75) is 50.9 Å². The number of carbonyl (C=O) groups is 1. The largest absolute Gasteiger partial charge is 0.476 e. The van der Waals surface area contributed by atoms with Gasteiger partial charge in [0, 0.05) is 23.0 Å². The number of hydrogen-bond donors (Lipinski definition) is 1. The number of nitrogens with zero attached hydrogens (tertiary/aromatic N) is 1. The molecule has 0 spiro atoms. The number of hydrogen-bond acceptors (Lipinski definition) is 2.